The van der Waals surface area contributed by atoms with E-state index in [1.807, 2.05) is 24.3 Å². The summed E-state index contributed by atoms with van der Waals surface area (Å²) in [7, 11) is 0. The third-order valence-electron chi connectivity index (χ3n) is 3.73. The van der Waals surface area contributed by atoms with E-state index < -0.39 is 0 Å². The molecule has 0 saturated carbocycles. The van der Waals surface area contributed by atoms with Gasteiger partial charge in [0.05, 0.1) is 39.5 Å². The van der Waals surface area contributed by atoms with Crippen LogP contribution in [0.4, 0.5) is 5.82 Å². The maximum atomic E-state index is 5.71. The van der Waals surface area contributed by atoms with Crippen molar-refractivity contribution in [2.75, 3.05) is 5.73 Å². The molecule has 8 N–H and O–H groups in total. The summed E-state index contributed by atoms with van der Waals surface area (Å²) in [4.78, 5) is 13.1. The molecule has 4 aromatic heterocycles. The second-order valence-corrected chi connectivity index (χ2v) is 5.33. The molecule has 6 nitrogen and oxygen atoms in total. The van der Waals surface area contributed by atoms with Crippen LogP contribution in [0.25, 0.3) is 39.5 Å². The standard InChI is InChI=1S/C16H16N6/c1-8(17)9-2-3-10(19-9)12-6-14-15(20-12)7-13(21-14)11-4-5-16(18)22-11/h2-7,19-22H,1,17-18H2. The Labute approximate surface area is 126 Å². The first-order chi connectivity index (χ1) is 10.6. The number of anilines is 1. The number of aromatic nitrogens is 4. The predicted octanol–water partition coefficient (Wildman–Crippen LogP) is 3.00. The second-order valence-electron chi connectivity index (χ2n) is 5.33. The summed E-state index contributed by atoms with van der Waals surface area (Å²) in [6.45, 7) is 3.73. The smallest absolute Gasteiger partial charge is 0.101 e. The molecule has 0 aromatic carbocycles. The third-order valence-corrected chi connectivity index (χ3v) is 3.73. The van der Waals surface area contributed by atoms with Crippen molar-refractivity contribution in [1.82, 2.24) is 19.9 Å². The zero-order valence-corrected chi connectivity index (χ0v) is 11.8. The van der Waals surface area contributed by atoms with Gasteiger partial charge in [-0.1, -0.05) is 6.58 Å². The van der Waals surface area contributed by atoms with Crippen molar-refractivity contribution in [2.24, 2.45) is 5.73 Å². The van der Waals surface area contributed by atoms with Crippen molar-refractivity contribution in [2.45, 2.75) is 0 Å². The van der Waals surface area contributed by atoms with Crippen molar-refractivity contribution < 1.29 is 0 Å². The SMILES string of the molecule is C=C(N)c1ccc(-c2cc3[nH]c(-c4ccc(N)[nH]4)cc3[nH]2)[nH]1. The molecule has 110 valence electrons. The van der Waals surface area contributed by atoms with E-state index in [1.165, 1.54) is 0 Å². The van der Waals surface area contributed by atoms with Gasteiger partial charge in [-0.05, 0) is 36.4 Å². The van der Waals surface area contributed by atoms with Crippen LogP contribution in [-0.2, 0) is 0 Å². The number of aromatic amines is 4. The Morgan fingerprint density at radius 3 is 1.86 bits per heavy atom. The highest BCUT2D eigenvalue weighted by molar-refractivity contribution is 5.87. The van der Waals surface area contributed by atoms with Crippen molar-refractivity contribution in [3.63, 3.8) is 0 Å². The van der Waals surface area contributed by atoms with Crippen molar-refractivity contribution in [3.8, 4) is 22.8 Å². The number of hydrogen-bond donors (Lipinski definition) is 6. The predicted molar refractivity (Wildman–Crippen MR) is 89.9 cm³/mol. The number of H-pyrrole nitrogens is 4. The third kappa shape index (κ3) is 1.89. The van der Waals surface area contributed by atoms with E-state index in [-0.39, 0.29) is 0 Å². The Bertz CT molecular complexity index is 946. The van der Waals surface area contributed by atoms with Gasteiger partial charge < -0.3 is 31.4 Å². The Hall–Kier alpha value is -3.28. The highest BCUT2D eigenvalue weighted by Gasteiger charge is 2.10. The minimum atomic E-state index is 0.523. The van der Waals surface area contributed by atoms with E-state index in [0.717, 1.165) is 39.5 Å². The van der Waals surface area contributed by atoms with Crippen LogP contribution in [0.1, 0.15) is 5.69 Å². The summed E-state index contributed by atoms with van der Waals surface area (Å²) >= 11 is 0. The van der Waals surface area contributed by atoms with E-state index >= 15 is 0 Å². The molecule has 22 heavy (non-hydrogen) atoms. The molecule has 0 aliphatic heterocycles. The quantitative estimate of drug-likeness (QED) is 0.348. The summed E-state index contributed by atoms with van der Waals surface area (Å²) in [5.74, 6) is 0.648. The molecule has 0 radical (unpaired) electrons. The molecule has 0 spiro atoms. The van der Waals surface area contributed by atoms with Crippen LogP contribution in [-0.4, -0.2) is 19.9 Å². The normalized spacial score (nSPS) is 11.3. The second kappa shape index (κ2) is 4.36. The molecule has 6 heteroatoms. The number of hydrogen-bond acceptors (Lipinski definition) is 2. The van der Waals surface area contributed by atoms with Gasteiger partial charge in [-0.3, -0.25) is 0 Å². The fourth-order valence-electron chi connectivity index (χ4n) is 2.61. The van der Waals surface area contributed by atoms with Crippen molar-refractivity contribution >= 4 is 22.5 Å². The van der Waals surface area contributed by atoms with Crippen LogP contribution in [0.2, 0.25) is 0 Å². The minimum Gasteiger partial charge on any atom is -0.398 e. The first-order valence-electron chi connectivity index (χ1n) is 6.91. The lowest BCUT2D eigenvalue weighted by Crippen LogP contribution is -1.93. The van der Waals surface area contributed by atoms with Crippen LogP contribution in [0.15, 0.2) is 43.0 Å². The van der Waals surface area contributed by atoms with Gasteiger partial charge in [-0.15, -0.1) is 0 Å². The Kier molecular flexibility index (Phi) is 2.47. The van der Waals surface area contributed by atoms with Gasteiger partial charge in [0, 0.05) is 5.70 Å². The summed E-state index contributed by atoms with van der Waals surface area (Å²) in [6.07, 6.45) is 0. The fourth-order valence-corrected chi connectivity index (χ4v) is 2.61. The molecule has 0 fully saturated rings. The number of nitrogen functional groups attached to an aromatic ring is 1. The van der Waals surface area contributed by atoms with Crippen LogP contribution in [0.3, 0.4) is 0 Å². The maximum Gasteiger partial charge on any atom is 0.101 e. The lowest BCUT2D eigenvalue weighted by atomic mass is 10.3. The average molecular weight is 292 g/mol. The zero-order valence-electron chi connectivity index (χ0n) is 11.8. The first kappa shape index (κ1) is 12.5. The van der Waals surface area contributed by atoms with Crippen LogP contribution < -0.4 is 11.5 Å². The molecule has 0 atom stereocenters. The van der Waals surface area contributed by atoms with E-state index in [4.69, 9.17) is 11.5 Å². The summed E-state index contributed by atoms with van der Waals surface area (Å²) < 4.78 is 0. The molecule has 0 aliphatic carbocycles. The fraction of sp³-hybridized carbons (Fsp3) is 0. The molecule has 0 amide bonds. The Morgan fingerprint density at radius 1 is 0.773 bits per heavy atom. The van der Waals surface area contributed by atoms with Crippen LogP contribution >= 0.6 is 0 Å². The molecule has 4 heterocycles. The van der Waals surface area contributed by atoms with Crippen molar-refractivity contribution in [3.05, 3.63) is 48.7 Å². The van der Waals surface area contributed by atoms with Gasteiger partial charge in [0.1, 0.15) is 5.82 Å². The lowest BCUT2D eigenvalue weighted by molar-refractivity contribution is 1.30. The van der Waals surface area contributed by atoms with Crippen LogP contribution in [0, 0.1) is 0 Å². The number of nitrogens with one attached hydrogen (secondary N) is 4. The number of nitrogens with two attached hydrogens (primary N) is 2. The van der Waals surface area contributed by atoms with Gasteiger partial charge in [0.2, 0.25) is 0 Å². The molecule has 0 bridgehead atoms. The minimum absolute atomic E-state index is 0.523. The van der Waals surface area contributed by atoms with Gasteiger partial charge in [-0.2, -0.15) is 0 Å². The molecular formula is C16H16N6. The monoisotopic (exact) mass is 292 g/mol. The highest BCUT2D eigenvalue weighted by atomic mass is 14.9. The highest BCUT2D eigenvalue weighted by Crippen LogP contribution is 2.28. The molecule has 4 aromatic rings. The van der Waals surface area contributed by atoms with Crippen molar-refractivity contribution in [1.29, 1.82) is 0 Å². The van der Waals surface area contributed by atoms with Crippen LogP contribution in [0.5, 0.6) is 0 Å². The Morgan fingerprint density at radius 2 is 1.36 bits per heavy atom. The molecule has 0 saturated heterocycles. The maximum absolute atomic E-state index is 5.71. The van der Waals surface area contributed by atoms with Gasteiger partial charge in [-0.25, -0.2) is 0 Å². The Balaban J connectivity index is 1.72. The van der Waals surface area contributed by atoms with E-state index in [1.54, 1.807) is 0 Å². The van der Waals surface area contributed by atoms with E-state index in [9.17, 15) is 0 Å². The molecule has 4 rings (SSSR count). The van der Waals surface area contributed by atoms with Gasteiger partial charge >= 0.3 is 0 Å². The molecule has 0 unspecified atom stereocenters. The molecular weight excluding hydrogens is 276 g/mol. The van der Waals surface area contributed by atoms with Gasteiger partial charge in [0.25, 0.3) is 0 Å². The average Bonchev–Trinajstić information content (AvgIpc) is 3.19. The van der Waals surface area contributed by atoms with Gasteiger partial charge in [0.15, 0.2) is 0 Å². The zero-order chi connectivity index (χ0) is 15.3. The van der Waals surface area contributed by atoms with E-state index in [2.05, 4.69) is 38.6 Å². The number of rotatable bonds is 3. The topological polar surface area (TPSA) is 115 Å². The first-order valence-corrected chi connectivity index (χ1v) is 6.91. The summed E-state index contributed by atoms with van der Waals surface area (Å²) in [6, 6.07) is 11.8. The number of fused-ring (bicyclic) bond motifs is 1. The summed E-state index contributed by atoms with van der Waals surface area (Å²) in [5, 5.41) is 0. The van der Waals surface area contributed by atoms with E-state index in [0.29, 0.717) is 11.5 Å². The summed E-state index contributed by atoms with van der Waals surface area (Å²) in [5.41, 5.74) is 18.7. The molecule has 0 aliphatic rings. The largest absolute Gasteiger partial charge is 0.398 e. The lowest BCUT2D eigenvalue weighted by Gasteiger charge is -1.95.